The Morgan fingerprint density at radius 2 is 1.82 bits per heavy atom. The Morgan fingerprint density at radius 3 is 2.52 bits per heavy atom. The summed E-state index contributed by atoms with van der Waals surface area (Å²) in [6.07, 6.45) is -8.76. The van der Waals surface area contributed by atoms with Crippen molar-refractivity contribution in [2.45, 2.75) is 35.6 Å². The normalized spacial score (nSPS) is 13.4. The van der Waals surface area contributed by atoms with E-state index in [2.05, 4.69) is 20.0 Å². The number of carbonyl (C=O) groups excluding carboxylic acids is 1. The first-order chi connectivity index (χ1) is 18.9. The highest BCUT2D eigenvalue weighted by Crippen LogP contribution is 2.35. The molecule has 4 aromatic rings. The molecule has 0 unspecified atom stereocenters. The topological polar surface area (TPSA) is 86.1 Å². The predicted octanol–water partition coefficient (Wildman–Crippen LogP) is 6.20. The van der Waals surface area contributed by atoms with Gasteiger partial charge in [-0.3, -0.25) is 14.2 Å². The number of hydrogen-bond acceptors (Lipinski definition) is 8. The average Bonchev–Trinajstić information content (AvgIpc) is 3.50. The third kappa shape index (κ3) is 6.55. The molecule has 16 heteroatoms. The first kappa shape index (κ1) is 28.3. The summed E-state index contributed by atoms with van der Waals surface area (Å²) in [6.45, 7) is -0.00463. The van der Waals surface area contributed by atoms with E-state index >= 15 is 0 Å². The lowest BCUT2D eigenvalue weighted by Crippen LogP contribution is -2.26. The molecule has 0 aliphatic carbocycles. The van der Waals surface area contributed by atoms with Crippen LogP contribution in [-0.2, 0) is 23.9 Å². The van der Waals surface area contributed by atoms with Crippen molar-refractivity contribution in [1.29, 1.82) is 0 Å². The van der Waals surface area contributed by atoms with Crippen LogP contribution in [0.3, 0.4) is 0 Å². The van der Waals surface area contributed by atoms with Crippen LogP contribution in [0.1, 0.15) is 16.8 Å². The number of halogens is 6. The van der Waals surface area contributed by atoms with Gasteiger partial charge >= 0.3 is 12.5 Å². The first-order valence-corrected chi connectivity index (χ1v) is 14.2. The average molecular weight is 619 g/mol. The standard InChI is InChI=1S/C24H16F6N4O3S3/c25-23(26,27)13-3-6-15-17(9-13)40-21(31-15)33-18(35)11-39-22-32-16-7-8-38-19(16)20(36)34(22)10-12-1-4-14(5-2-12)37-24(28,29)30/h1-6,9H,7-8,10-11H2,(H,31,33,35). The van der Waals surface area contributed by atoms with E-state index in [1.165, 1.54) is 34.5 Å². The quantitative estimate of drug-likeness (QED) is 0.150. The number of hydrogen-bond donors (Lipinski definition) is 1. The number of thiazole rings is 1. The van der Waals surface area contributed by atoms with Gasteiger partial charge in [-0.25, -0.2) is 9.97 Å². The number of aromatic nitrogens is 3. The number of amides is 1. The zero-order chi connectivity index (χ0) is 28.7. The molecule has 0 radical (unpaired) electrons. The van der Waals surface area contributed by atoms with Crippen molar-refractivity contribution < 1.29 is 35.9 Å². The van der Waals surface area contributed by atoms with Crippen molar-refractivity contribution in [3.63, 3.8) is 0 Å². The van der Waals surface area contributed by atoms with E-state index in [-0.39, 0.29) is 32.8 Å². The van der Waals surface area contributed by atoms with Crippen molar-refractivity contribution in [2.75, 3.05) is 16.8 Å². The lowest BCUT2D eigenvalue weighted by molar-refractivity contribution is -0.274. The van der Waals surface area contributed by atoms with Gasteiger partial charge in [0.25, 0.3) is 5.56 Å². The van der Waals surface area contributed by atoms with Crippen LogP contribution < -0.4 is 15.6 Å². The summed E-state index contributed by atoms with van der Waals surface area (Å²) in [6, 6.07) is 8.17. The van der Waals surface area contributed by atoms with Gasteiger partial charge in [0.2, 0.25) is 5.91 Å². The summed E-state index contributed by atoms with van der Waals surface area (Å²) < 4.78 is 81.8. The lowest BCUT2D eigenvalue weighted by Gasteiger charge is -2.14. The molecule has 0 spiro atoms. The van der Waals surface area contributed by atoms with Gasteiger partial charge in [0.15, 0.2) is 10.3 Å². The Balaban J connectivity index is 1.32. The van der Waals surface area contributed by atoms with E-state index in [1.807, 2.05) is 0 Å². The number of alkyl halides is 6. The fourth-order valence-electron chi connectivity index (χ4n) is 3.79. The number of ether oxygens (including phenoxy) is 1. The minimum absolute atomic E-state index is 0.00463. The van der Waals surface area contributed by atoms with Crippen molar-refractivity contribution in [3.8, 4) is 5.75 Å². The third-order valence-corrected chi connectivity index (χ3v) is 8.56. The Kier molecular flexibility index (Phi) is 7.76. The molecule has 0 saturated heterocycles. The molecule has 0 saturated carbocycles. The zero-order valence-corrected chi connectivity index (χ0v) is 22.4. The van der Waals surface area contributed by atoms with Gasteiger partial charge in [0, 0.05) is 12.2 Å². The highest BCUT2D eigenvalue weighted by molar-refractivity contribution is 8.00. The summed E-state index contributed by atoms with van der Waals surface area (Å²) in [5.41, 5.74) is 0.283. The van der Waals surface area contributed by atoms with Gasteiger partial charge in [0.1, 0.15) is 5.75 Å². The molecule has 1 aliphatic heterocycles. The highest BCUT2D eigenvalue weighted by atomic mass is 32.2. The SMILES string of the molecule is O=C(CSc1nc2c(c(=O)n1Cc1ccc(OC(F)(F)F)cc1)SCC2)Nc1nc2ccc(C(F)(F)F)cc2s1. The van der Waals surface area contributed by atoms with Crippen molar-refractivity contribution in [3.05, 3.63) is 69.6 Å². The van der Waals surface area contributed by atoms with Crippen LogP contribution in [0.15, 0.2) is 57.3 Å². The summed E-state index contributed by atoms with van der Waals surface area (Å²) >= 11 is 3.24. The molecule has 40 heavy (non-hydrogen) atoms. The molecule has 0 bridgehead atoms. The molecule has 7 nitrogen and oxygen atoms in total. The van der Waals surface area contributed by atoms with Crippen molar-refractivity contribution in [2.24, 2.45) is 0 Å². The molecule has 3 heterocycles. The van der Waals surface area contributed by atoms with Crippen LogP contribution >= 0.6 is 34.9 Å². The van der Waals surface area contributed by atoms with Crippen LogP contribution in [0.25, 0.3) is 10.2 Å². The number of nitrogens with zero attached hydrogens (tertiary/aromatic N) is 3. The number of thioether (sulfide) groups is 2. The molecule has 0 atom stereocenters. The van der Waals surface area contributed by atoms with E-state index in [0.29, 0.717) is 33.8 Å². The number of benzene rings is 2. The molecule has 5 rings (SSSR count). The second kappa shape index (κ2) is 11.0. The smallest absolute Gasteiger partial charge is 0.406 e. The first-order valence-electron chi connectivity index (χ1n) is 11.4. The second-order valence-electron chi connectivity index (χ2n) is 8.39. The molecule has 0 fully saturated rings. The van der Waals surface area contributed by atoms with E-state index in [1.54, 1.807) is 0 Å². The third-order valence-electron chi connectivity index (χ3n) is 5.54. The maximum Gasteiger partial charge on any atom is 0.573 e. The number of carbonyl (C=O) groups is 1. The van der Waals surface area contributed by atoms with Gasteiger partial charge < -0.3 is 10.1 Å². The van der Waals surface area contributed by atoms with Gasteiger partial charge in [-0.05, 0) is 35.9 Å². The molecular formula is C24H16F6N4O3S3. The Hall–Kier alpha value is -3.24. The molecule has 1 aliphatic rings. The van der Waals surface area contributed by atoms with E-state index in [0.717, 1.165) is 47.4 Å². The summed E-state index contributed by atoms with van der Waals surface area (Å²) in [4.78, 5) is 35.0. The fraction of sp³-hybridized carbons (Fsp3) is 0.250. The van der Waals surface area contributed by atoms with Crippen molar-refractivity contribution in [1.82, 2.24) is 14.5 Å². The minimum atomic E-state index is -4.83. The Morgan fingerprint density at radius 1 is 1.07 bits per heavy atom. The van der Waals surface area contributed by atoms with Gasteiger partial charge in [-0.1, -0.05) is 35.2 Å². The Bertz CT molecular complexity index is 1630. The monoisotopic (exact) mass is 618 g/mol. The van der Waals surface area contributed by atoms with Gasteiger partial charge in [0.05, 0.1) is 38.7 Å². The largest absolute Gasteiger partial charge is 0.573 e. The number of aryl methyl sites for hydroxylation is 1. The minimum Gasteiger partial charge on any atom is -0.406 e. The number of anilines is 1. The molecular weight excluding hydrogens is 602 g/mol. The number of rotatable bonds is 7. The van der Waals surface area contributed by atoms with Crippen LogP contribution in [0.4, 0.5) is 31.5 Å². The van der Waals surface area contributed by atoms with Gasteiger partial charge in [-0.2, -0.15) is 13.2 Å². The summed E-state index contributed by atoms with van der Waals surface area (Å²) in [5.74, 6) is -0.421. The number of fused-ring (bicyclic) bond motifs is 2. The molecule has 2 aromatic heterocycles. The second-order valence-corrected chi connectivity index (χ2v) is 11.5. The van der Waals surface area contributed by atoms with Crippen LogP contribution in [0.2, 0.25) is 0 Å². The maximum absolute atomic E-state index is 13.2. The lowest BCUT2D eigenvalue weighted by atomic mass is 10.2. The van der Waals surface area contributed by atoms with E-state index in [9.17, 15) is 35.9 Å². The van der Waals surface area contributed by atoms with E-state index < -0.39 is 29.8 Å². The van der Waals surface area contributed by atoms with Crippen LogP contribution in [0, 0.1) is 0 Å². The zero-order valence-electron chi connectivity index (χ0n) is 19.9. The molecule has 1 N–H and O–H groups in total. The van der Waals surface area contributed by atoms with E-state index in [4.69, 9.17) is 0 Å². The summed E-state index contributed by atoms with van der Waals surface area (Å²) in [5, 5.41) is 2.93. The van der Waals surface area contributed by atoms with Crippen molar-refractivity contribution >= 4 is 56.1 Å². The molecule has 2 aromatic carbocycles. The summed E-state index contributed by atoms with van der Waals surface area (Å²) in [7, 11) is 0. The molecule has 210 valence electrons. The van der Waals surface area contributed by atoms with Crippen LogP contribution in [-0.4, -0.2) is 38.3 Å². The molecule has 1 amide bonds. The number of nitrogens with one attached hydrogen (secondary N) is 1. The highest BCUT2D eigenvalue weighted by Gasteiger charge is 2.32. The fourth-order valence-corrected chi connectivity index (χ4v) is 6.57. The van der Waals surface area contributed by atoms with Gasteiger partial charge in [-0.15, -0.1) is 24.9 Å². The van der Waals surface area contributed by atoms with Crippen LogP contribution in [0.5, 0.6) is 5.75 Å². The maximum atomic E-state index is 13.2. The predicted molar refractivity (Wildman–Crippen MR) is 139 cm³/mol. The Labute approximate surface area is 234 Å².